The molecule has 1 aromatic rings. The van der Waals surface area contributed by atoms with Crippen molar-refractivity contribution in [2.45, 2.75) is 25.7 Å². The molecule has 1 aromatic carbocycles. The smallest absolute Gasteiger partial charge is 0.0389 e. The Balaban J connectivity index is 2.17. The van der Waals surface area contributed by atoms with Gasteiger partial charge in [0, 0.05) is 38.5 Å². The molecule has 1 aliphatic carbocycles. The summed E-state index contributed by atoms with van der Waals surface area (Å²) in [5.41, 5.74) is 3.84. The Kier molecular flexibility index (Phi) is 5.16. The molecule has 1 aliphatic rings. The number of unbranched alkanes of at least 4 members (excludes halogenated alkanes) is 1. The molecule has 106 valence electrons. The summed E-state index contributed by atoms with van der Waals surface area (Å²) in [5.74, 6) is 0.362. The van der Waals surface area contributed by atoms with E-state index in [4.69, 9.17) is 0 Å². The van der Waals surface area contributed by atoms with Crippen LogP contribution in [-0.2, 0) is 0 Å². The Morgan fingerprint density at radius 1 is 1.25 bits per heavy atom. The van der Waals surface area contributed by atoms with Gasteiger partial charge in [-0.1, -0.05) is 43.7 Å². The predicted octanol–water partition coefficient (Wildman–Crippen LogP) is 4.00. The van der Waals surface area contributed by atoms with E-state index in [1.54, 1.807) is 0 Å². The fourth-order valence-electron chi connectivity index (χ4n) is 2.33. The second-order valence-corrected chi connectivity index (χ2v) is 5.39. The van der Waals surface area contributed by atoms with Gasteiger partial charge in [0.25, 0.3) is 0 Å². The van der Waals surface area contributed by atoms with Gasteiger partial charge in [-0.15, -0.1) is 0 Å². The highest BCUT2D eigenvalue weighted by molar-refractivity contribution is 5.82. The van der Waals surface area contributed by atoms with Crippen LogP contribution in [-0.4, -0.2) is 31.8 Å². The van der Waals surface area contributed by atoms with Gasteiger partial charge in [0.2, 0.25) is 0 Å². The van der Waals surface area contributed by atoms with Crippen LogP contribution in [0, 0.1) is 0 Å². The van der Waals surface area contributed by atoms with E-state index in [-0.39, 0.29) is 0 Å². The molecular weight excluding hydrogens is 244 g/mol. The molecule has 20 heavy (non-hydrogen) atoms. The van der Waals surface area contributed by atoms with Gasteiger partial charge in [-0.05, 0) is 29.7 Å². The van der Waals surface area contributed by atoms with E-state index in [0.29, 0.717) is 5.92 Å². The van der Waals surface area contributed by atoms with Gasteiger partial charge in [-0.3, -0.25) is 4.99 Å². The summed E-state index contributed by atoms with van der Waals surface area (Å²) in [6.45, 7) is 3.12. The lowest BCUT2D eigenvalue weighted by Gasteiger charge is -2.12. The Hall–Kier alpha value is -1.83. The molecule has 0 N–H and O–H groups in total. The molecule has 0 fully saturated rings. The minimum absolute atomic E-state index is 0.362. The minimum Gasteiger partial charge on any atom is -0.378 e. The molecule has 0 saturated carbocycles. The first-order chi connectivity index (χ1) is 9.72. The highest BCUT2D eigenvalue weighted by atomic mass is 15.1. The quantitative estimate of drug-likeness (QED) is 0.562. The standard InChI is InChI=1S/C18H24N2/c1-4-5-12-19-14-16-8-6-7-9-18(16)15-10-11-17(13-15)20(2)3/h6-11,13-15H,4-5,12H2,1-3H3. The first-order valence-corrected chi connectivity index (χ1v) is 7.38. The molecule has 0 amide bonds. The van der Waals surface area contributed by atoms with Crippen molar-refractivity contribution in [3.05, 3.63) is 59.3 Å². The van der Waals surface area contributed by atoms with E-state index in [1.165, 1.54) is 23.2 Å². The topological polar surface area (TPSA) is 15.6 Å². The highest BCUT2D eigenvalue weighted by Gasteiger charge is 2.14. The number of hydrogen-bond acceptors (Lipinski definition) is 2. The second kappa shape index (κ2) is 7.09. The van der Waals surface area contributed by atoms with E-state index >= 15 is 0 Å². The Morgan fingerprint density at radius 3 is 2.75 bits per heavy atom. The summed E-state index contributed by atoms with van der Waals surface area (Å²) >= 11 is 0. The van der Waals surface area contributed by atoms with Gasteiger partial charge in [-0.25, -0.2) is 0 Å². The zero-order valence-corrected chi connectivity index (χ0v) is 12.7. The summed E-state index contributed by atoms with van der Waals surface area (Å²) in [7, 11) is 4.16. The zero-order chi connectivity index (χ0) is 14.4. The zero-order valence-electron chi connectivity index (χ0n) is 12.7. The maximum absolute atomic E-state index is 4.54. The molecule has 2 heteroatoms. The second-order valence-electron chi connectivity index (χ2n) is 5.39. The summed E-state index contributed by atoms with van der Waals surface area (Å²) in [6.07, 6.45) is 11.1. The average Bonchev–Trinajstić information content (AvgIpc) is 2.94. The fourth-order valence-corrected chi connectivity index (χ4v) is 2.33. The molecule has 0 spiro atoms. The van der Waals surface area contributed by atoms with Crippen LogP contribution >= 0.6 is 0 Å². The lowest BCUT2D eigenvalue weighted by molar-refractivity contribution is 0.530. The first kappa shape index (κ1) is 14.6. The predicted molar refractivity (Wildman–Crippen MR) is 87.5 cm³/mol. The Bertz CT molecular complexity index is 524. The van der Waals surface area contributed by atoms with Crippen molar-refractivity contribution in [3.63, 3.8) is 0 Å². The maximum Gasteiger partial charge on any atom is 0.0389 e. The van der Waals surface area contributed by atoms with Crippen LogP contribution in [0.25, 0.3) is 0 Å². The van der Waals surface area contributed by atoms with Crippen molar-refractivity contribution in [3.8, 4) is 0 Å². The van der Waals surface area contributed by atoms with Gasteiger partial charge in [0.05, 0.1) is 0 Å². The summed E-state index contributed by atoms with van der Waals surface area (Å²) < 4.78 is 0. The number of benzene rings is 1. The fraction of sp³-hybridized carbons (Fsp3) is 0.389. The molecule has 0 bridgehead atoms. The van der Waals surface area contributed by atoms with Crippen molar-refractivity contribution >= 4 is 6.21 Å². The number of hydrogen-bond donors (Lipinski definition) is 0. The number of rotatable bonds is 6. The van der Waals surface area contributed by atoms with Crippen LogP contribution in [0.4, 0.5) is 0 Å². The highest BCUT2D eigenvalue weighted by Crippen LogP contribution is 2.29. The summed E-state index contributed by atoms with van der Waals surface area (Å²) in [6, 6.07) is 8.54. The lowest BCUT2D eigenvalue weighted by Crippen LogP contribution is -2.07. The number of nitrogens with zero attached hydrogens (tertiary/aromatic N) is 2. The lowest BCUT2D eigenvalue weighted by atomic mass is 9.96. The molecule has 2 rings (SSSR count). The van der Waals surface area contributed by atoms with Crippen LogP contribution in [0.3, 0.4) is 0 Å². The summed E-state index contributed by atoms with van der Waals surface area (Å²) in [5, 5.41) is 0. The third kappa shape index (κ3) is 3.60. The monoisotopic (exact) mass is 268 g/mol. The summed E-state index contributed by atoms with van der Waals surface area (Å²) in [4.78, 5) is 6.68. The third-order valence-corrected chi connectivity index (χ3v) is 3.57. The molecule has 0 aliphatic heterocycles. The molecule has 0 heterocycles. The number of aliphatic imine (C=N–C) groups is 1. The molecule has 1 atom stereocenters. The Morgan fingerprint density at radius 2 is 2.05 bits per heavy atom. The van der Waals surface area contributed by atoms with E-state index in [2.05, 4.69) is 73.4 Å². The van der Waals surface area contributed by atoms with Crippen LogP contribution in [0.15, 0.2) is 53.2 Å². The van der Waals surface area contributed by atoms with Gasteiger partial charge in [-0.2, -0.15) is 0 Å². The van der Waals surface area contributed by atoms with Gasteiger partial charge in [0.1, 0.15) is 0 Å². The van der Waals surface area contributed by atoms with Crippen molar-refractivity contribution in [2.75, 3.05) is 20.6 Å². The molecule has 1 unspecified atom stereocenters. The first-order valence-electron chi connectivity index (χ1n) is 7.38. The largest absolute Gasteiger partial charge is 0.378 e. The van der Waals surface area contributed by atoms with Crippen LogP contribution in [0.5, 0.6) is 0 Å². The molecule has 2 nitrogen and oxygen atoms in total. The van der Waals surface area contributed by atoms with Crippen molar-refractivity contribution in [2.24, 2.45) is 4.99 Å². The third-order valence-electron chi connectivity index (χ3n) is 3.57. The van der Waals surface area contributed by atoms with Gasteiger partial charge < -0.3 is 4.90 Å². The van der Waals surface area contributed by atoms with Crippen LogP contribution < -0.4 is 0 Å². The van der Waals surface area contributed by atoms with E-state index in [9.17, 15) is 0 Å². The minimum atomic E-state index is 0.362. The van der Waals surface area contributed by atoms with E-state index in [1.807, 2.05) is 6.21 Å². The van der Waals surface area contributed by atoms with Gasteiger partial charge in [0.15, 0.2) is 0 Å². The van der Waals surface area contributed by atoms with Crippen molar-refractivity contribution in [1.82, 2.24) is 4.90 Å². The molecule has 0 radical (unpaired) electrons. The number of allylic oxidation sites excluding steroid dienone is 3. The van der Waals surface area contributed by atoms with Gasteiger partial charge >= 0.3 is 0 Å². The molecule has 0 saturated heterocycles. The molecule has 0 aromatic heterocycles. The van der Waals surface area contributed by atoms with Crippen LogP contribution in [0.1, 0.15) is 36.8 Å². The van der Waals surface area contributed by atoms with E-state index in [0.717, 1.165) is 13.0 Å². The molecular formula is C18H24N2. The van der Waals surface area contributed by atoms with E-state index < -0.39 is 0 Å². The number of likely N-dealkylation sites (N-methyl/N-ethyl adjacent to an activating group) is 1. The van der Waals surface area contributed by atoms with Crippen molar-refractivity contribution < 1.29 is 0 Å². The maximum atomic E-state index is 4.54. The Labute approximate surface area is 122 Å². The normalized spacial score (nSPS) is 17.8. The SMILES string of the molecule is CCCCN=Cc1ccccc1C1C=CC(N(C)C)=C1. The average molecular weight is 268 g/mol. The van der Waals surface area contributed by atoms with Crippen molar-refractivity contribution in [1.29, 1.82) is 0 Å². The van der Waals surface area contributed by atoms with Crippen LogP contribution in [0.2, 0.25) is 0 Å².